The number of H-pyrrole nitrogens is 1. The summed E-state index contributed by atoms with van der Waals surface area (Å²) in [7, 11) is 5.42. The Balaban J connectivity index is 2.21. The number of aromatic amines is 1. The molecule has 0 aliphatic carbocycles. The minimum atomic E-state index is -0.619. The van der Waals surface area contributed by atoms with E-state index < -0.39 is 11.1 Å². The van der Waals surface area contributed by atoms with Crippen molar-refractivity contribution in [2.24, 2.45) is 0 Å². The molecule has 0 atom stereocenters. The number of nitrogens with one attached hydrogen (secondary N) is 1. The number of hydrogen-bond acceptors (Lipinski definition) is 5. The fraction of sp³-hybridized carbons (Fsp3) is 0.429. The summed E-state index contributed by atoms with van der Waals surface area (Å²) in [5, 5.41) is 0. The highest BCUT2D eigenvalue weighted by atomic mass is 16.5. The van der Waals surface area contributed by atoms with Gasteiger partial charge in [0.25, 0.3) is 0 Å². The maximum atomic E-state index is 12.3. The van der Waals surface area contributed by atoms with E-state index in [0.29, 0.717) is 17.0 Å². The van der Waals surface area contributed by atoms with Crippen LogP contribution in [0.5, 0.6) is 5.88 Å². The first kappa shape index (κ1) is 13.8. The van der Waals surface area contributed by atoms with Gasteiger partial charge in [-0.25, -0.2) is 0 Å². The summed E-state index contributed by atoms with van der Waals surface area (Å²) in [6.45, 7) is 1.57. The second kappa shape index (κ2) is 5.33. The molecule has 0 aromatic carbocycles. The first-order chi connectivity index (χ1) is 10.1. The minimum absolute atomic E-state index is 0.0418. The van der Waals surface area contributed by atoms with Crippen molar-refractivity contribution in [3.63, 3.8) is 0 Å². The van der Waals surface area contributed by atoms with Gasteiger partial charge >= 0.3 is 11.1 Å². The average molecular weight is 289 g/mol. The Labute approximate surface area is 121 Å². The van der Waals surface area contributed by atoms with Crippen LogP contribution in [0.25, 0.3) is 11.2 Å². The molecule has 1 fully saturated rings. The van der Waals surface area contributed by atoms with Crippen LogP contribution in [0, 0.1) is 7.05 Å². The molecule has 0 saturated carbocycles. The molecule has 3 heterocycles. The third kappa shape index (κ3) is 2.44. The zero-order valence-corrected chi connectivity index (χ0v) is 11.8. The number of methoxy groups -OCH3 is 1. The van der Waals surface area contributed by atoms with E-state index in [2.05, 4.69) is 17.0 Å². The van der Waals surface area contributed by atoms with Gasteiger partial charge < -0.3 is 14.6 Å². The lowest BCUT2D eigenvalue weighted by Crippen LogP contribution is -2.41. The summed E-state index contributed by atoms with van der Waals surface area (Å²) in [5.74, 6) is 0.414. The van der Waals surface area contributed by atoms with Crippen molar-refractivity contribution < 1.29 is 4.74 Å². The molecule has 1 aliphatic heterocycles. The molecular weight excluding hydrogens is 272 g/mol. The molecule has 1 saturated heterocycles. The van der Waals surface area contributed by atoms with Gasteiger partial charge in [0.2, 0.25) is 5.88 Å². The molecule has 2 aromatic rings. The molecule has 0 spiro atoms. The van der Waals surface area contributed by atoms with Gasteiger partial charge in [-0.3, -0.25) is 14.2 Å². The van der Waals surface area contributed by atoms with Gasteiger partial charge in [0, 0.05) is 32.2 Å². The quantitative estimate of drug-likeness (QED) is 0.815. The van der Waals surface area contributed by atoms with E-state index >= 15 is 0 Å². The summed E-state index contributed by atoms with van der Waals surface area (Å²) < 4.78 is 6.62. The predicted octanol–water partition coefficient (Wildman–Crippen LogP) is 0.522. The normalized spacial score (nSPS) is 17.2. The Morgan fingerprint density at radius 3 is 2.71 bits per heavy atom. The number of nitrogens with zero attached hydrogens (tertiary/aromatic N) is 3. The van der Waals surface area contributed by atoms with Crippen molar-refractivity contribution in [1.82, 2.24) is 19.4 Å². The van der Waals surface area contributed by atoms with Gasteiger partial charge in [-0.2, -0.15) is 4.98 Å². The van der Waals surface area contributed by atoms with Crippen LogP contribution in [0.4, 0.5) is 0 Å². The van der Waals surface area contributed by atoms with Gasteiger partial charge in [-0.1, -0.05) is 0 Å². The van der Waals surface area contributed by atoms with Crippen molar-refractivity contribution in [2.75, 3.05) is 20.2 Å². The fourth-order valence-electron chi connectivity index (χ4n) is 2.72. The largest absolute Gasteiger partial charge is 0.481 e. The number of piperidine rings is 1. The molecule has 0 unspecified atom stereocenters. The molecule has 0 bridgehead atoms. The smallest absolute Gasteiger partial charge is 0.318 e. The lowest BCUT2D eigenvalue weighted by atomic mass is 10.1. The molecule has 111 valence electrons. The molecular formula is C14H17N4O3. The third-order valence-electron chi connectivity index (χ3n) is 3.87. The highest BCUT2D eigenvalue weighted by Crippen LogP contribution is 2.23. The minimum Gasteiger partial charge on any atom is -0.481 e. The Kier molecular flexibility index (Phi) is 3.50. The lowest BCUT2D eigenvalue weighted by Gasteiger charge is -2.30. The summed E-state index contributed by atoms with van der Waals surface area (Å²) in [5.41, 5.74) is -0.184. The molecule has 21 heavy (non-hydrogen) atoms. The van der Waals surface area contributed by atoms with Crippen molar-refractivity contribution in [2.45, 2.75) is 18.9 Å². The standard InChI is InChI=1S/C14H17N4O3/c1-17-7-5-9(6-8-17)18-12-10(15-13(19)14(18)20)3-4-11(16-12)21-2/h3-4,9H,1,5-8H2,2H3,(H,15,19). The molecule has 3 rings (SSSR count). The molecule has 1 radical (unpaired) electrons. The van der Waals surface area contributed by atoms with Gasteiger partial charge in [-0.15, -0.1) is 0 Å². The van der Waals surface area contributed by atoms with Crippen LogP contribution < -0.4 is 15.9 Å². The Morgan fingerprint density at radius 1 is 1.33 bits per heavy atom. The molecule has 1 N–H and O–H groups in total. The summed E-state index contributed by atoms with van der Waals surface area (Å²) >= 11 is 0. The van der Waals surface area contributed by atoms with Crippen LogP contribution in [-0.4, -0.2) is 39.6 Å². The van der Waals surface area contributed by atoms with E-state index in [9.17, 15) is 9.59 Å². The zero-order chi connectivity index (χ0) is 15.0. The number of ether oxygens (including phenoxy) is 1. The summed E-state index contributed by atoms with van der Waals surface area (Å²) in [6.07, 6.45) is 1.53. The Bertz CT molecular complexity index is 772. The molecule has 7 nitrogen and oxygen atoms in total. The third-order valence-corrected chi connectivity index (χ3v) is 3.87. The van der Waals surface area contributed by atoms with Crippen molar-refractivity contribution >= 4 is 11.2 Å². The summed E-state index contributed by atoms with van der Waals surface area (Å²) in [6, 6.07) is 3.32. The number of rotatable bonds is 2. The average Bonchev–Trinajstić information content (AvgIpc) is 2.49. The number of pyridine rings is 1. The van der Waals surface area contributed by atoms with Crippen molar-refractivity contribution in [3.8, 4) is 5.88 Å². The highest BCUT2D eigenvalue weighted by molar-refractivity contribution is 5.70. The first-order valence-electron chi connectivity index (χ1n) is 6.85. The van der Waals surface area contributed by atoms with E-state index in [1.54, 1.807) is 12.1 Å². The van der Waals surface area contributed by atoms with E-state index in [0.717, 1.165) is 25.9 Å². The van der Waals surface area contributed by atoms with Crippen molar-refractivity contribution in [1.29, 1.82) is 0 Å². The number of hydrogen-bond donors (Lipinski definition) is 1. The molecule has 1 aliphatic rings. The summed E-state index contributed by atoms with van der Waals surface area (Å²) in [4.78, 5) is 33.0. The maximum Gasteiger partial charge on any atom is 0.318 e. The van der Waals surface area contributed by atoms with Crippen molar-refractivity contribution in [3.05, 3.63) is 39.9 Å². The second-order valence-corrected chi connectivity index (χ2v) is 5.20. The fourth-order valence-corrected chi connectivity index (χ4v) is 2.72. The van der Waals surface area contributed by atoms with E-state index in [1.807, 2.05) is 4.90 Å². The topological polar surface area (TPSA) is 80.2 Å². The Hall–Kier alpha value is -2.15. The molecule has 0 amide bonds. The van der Waals surface area contributed by atoms with Gasteiger partial charge in [0.05, 0.1) is 12.6 Å². The monoisotopic (exact) mass is 289 g/mol. The van der Waals surface area contributed by atoms with Crippen LogP contribution in [0.1, 0.15) is 18.9 Å². The van der Waals surface area contributed by atoms with Crippen LogP contribution in [0.2, 0.25) is 0 Å². The van der Waals surface area contributed by atoms with Gasteiger partial charge in [0.15, 0.2) is 5.65 Å². The van der Waals surface area contributed by atoms with Crippen LogP contribution in [0.3, 0.4) is 0 Å². The maximum absolute atomic E-state index is 12.3. The van der Waals surface area contributed by atoms with E-state index in [4.69, 9.17) is 4.74 Å². The number of fused-ring (bicyclic) bond motifs is 1. The lowest BCUT2D eigenvalue weighted by molar-refractivity contribution is 0.240. The predicted molar refractivity (Wildman–Crippen MR) is 78.4 cm³/mol. The van der Waals surface area contributed by atoms with Crippen LogP contribution >= 0.6 is 0 Å². The second-order valence-electron chi connectivity index (χ2n) is 5.20. The SMILES string of the molecule is [CH2]N1CCC(n2c(=O)c(=O)[nH]c3ccc(OC)nc32)CC1. The highest BCUT2D eigenvalue weighted by Gasteiger charge is 2.23. The number of likely N-dealkylation sites (tertiary alicyclic amines) is 1. The van der Waals surface area contributed by atoms with Gasteiger partial charge in [0.1, 0.15) is 0 Å². The Morgan fingerprint density at radius 2 is 2.05 bits per heavy atom. The van der Waals surface area contributed by atoms with Gasteiger partial charge in [-0.05, 0) is 18.9 Å². The zero-order valence-electron chi connectivity index (χ0n) is 11.8. The molecule has 2 aromatic heterocycles. The van der Waals surface area contributed by atoms with E-state index in [-0.39, 0.29) is 6.04 Å². The molecule has 7 heteroatoms. The van der Waals surface area contributed by atoms with E-state index in [1.165, 1.54) is 11.7 Å². The number of aromatic nitrogens is 3. The first-order valence-corrected chi connectivity index (χ1v) is 6.85. The van der Waals surface area contributed by atoms with Crippen LogP contribution in [-0.2, 0) is 0 Å². The van der Waals surface area contributed by atoms with Crippen LogP contribution in [0.15, 0.2) is 21.7 Å².